The average molecular weight is 661 g/mol. The summed E-state index contributed by atoms with van der Waals surface area (Å²) in [6.07, 6.45) is -3.36. The first-order valence-corrected chi connectivity index (χ1v) is 15.3. The lowest BCUT2D eigenvalue weighted by atomic mass is 9.95. The van der Waals surface area contributed by atoms with Gasteiger partial charge in [-0.2, -0.15) is 18.4 Å². The summed E-state index contributed by atoms with van der Waals surface area (Å²) in [5, 5.41) is 10.8. The first-order valence-electron chi connectivity index (χ1n) is 14.1. The molecule has 5 aromatic rings. The molecule has 3 heterocycles. The Balaban J connectivity index is 1.60. The van der Waals surface area contributed by atoms with Crippen molar-refractivity contribution in [3.8, 4) is 6.07 Å². The van der Waals surface area contributed by atoms with E-state index in [-0.39, 0.29) is 21.5 Å². The molecule has 7 nitrogen and oxygen atoms in total. The SMILES string of the molecule is CCOC(=O)C1=C(C(F)(F)F)N=c2s/c(=C\c3c(C)n(Cc4ccccc4C#N)c4ccccc34)c(=O)n2[C@H]1c1ccc(Cl)cc1. The highest BCUT2D eigenvalue weighted by atomic mass is 35.5. The van der Waals surface area contributed by atoms with Gasteiger partial charge in [0.25, 0.3) is 5.56 Å². The first-order chi connectivity index (χ1) is 22.0. The third-order valence-electron chi connectivity index (χ3n) is 7.80. The summed E-state index contributed by atoms with van der Waals surface area (Å²) in [4.78, 5) is 30.9. The van der Waals surface area contributed by atoms with Gasteiger partial charge in [0.15, 0.2) is 10.5 Å². The van der Waals surface area contributed by atoms with Crippen LogP contribution in [0.15, 0.2) is 93.9 Å². The van der Waals surface area contributed by atoms with Gasteiger partial charge in [-0.3, -0.25) is 9.36 Å². The van der Waals surface area contributed by atoms with Crippen molar-refractivity contribution >= 4 is 45.9 Å². The molecule has 0 saturated heterocycles. The molecule has 0 radical (unpaired) electrons. The minimum atomic E-state index is -5.01. The minimum Gasteiger partial charge on any atom is -0.463 e. The van der Waals surface area contributed by atoms with Crippen molar-refractivity contribution in [3.05, 3.63) is 137 Å². The maximum atomic E-state index is 14.5. The summed E-state index contributed by atoms with van der Waals surface area (Å²) >= 11 is 6.87. The lowest BCUT2D eigenvalue weighted by Gasteiger charge is -2.26. The number of nitriles is 1. The Morgan fingerprint density at radius 2 is 1.80 bits per heavy atom. The second-order valence-electron chi connectivity index (χ2n) is 10.5. The number of aromatic nitrogens is 2. The maximum Gasteiger partial charge on any atom is 0.434 e. The van der Waals surface area contributed by atoms with Crippen LogP contribution in [0.25, 0.3) is 17.0 Å². The van der Waals surface area contributed by atoms with E-state index in [4.69, 9.17) is 16.3 Å². The highest BCUT2D eigenvalue weighted by Gasteiger charge is 2.45. The van der Waals surface area contributed by atoms with Crippen molar-refractivity contribution in [2.75, 3.05) is 6.61 Å². The number of hydrogen-bond acceptors (Lipinski definition) is 6. The van der Waals surface area contributed by atoms with E-state index in [2.05, 4.69) is 11.1 Å². The highest BCUT2D eigenvalue weighted by Crippen LogP contribution is 2.38. The van der Waals surface area contributed by atoms with Gasteiger partial charge in [-0.25, -0.2) is 9.79 Å². The van der Waals surface area contributed by atoms with Crippen LogP contribution in [0.4, 0.5) is 13.2 Å². The number of benzene rings is 3. The maximum absolute atomic E-state index is 14.5. The van der Waals surface area contributed by atoms with Gasteiger partial charge in [0.05, 0.1) is 34.4 Å². The molecule has 0 saturated carbocycles. The molecule has 0 N–H and O–H groups in total. The van der Waals surface area contributed by atoms with Crippen LogP contribution in [0.5, 0.6) is 0 Å². The minimum absolute atomic E-state index is 0.132. The zero-order valence-corrected chi connectivity index (χ0v) is 26.0. The van der Waals surface area contributed by atoms with Crippen LogP contribution in [-0.2, 0) is 16.1 Å². The lowest BCUT2D eigenvalue weighted by Crippen LogP contribution is -2.41. The molecule has 0 fully saturated rings. The number of para-hydroxylation sites is 1. The Bertz CT molecular complexity index is 2280. The van der Waals surface area contributed by atoms with Gasteiger partial charge < -0.3 is 9.30 Å². The largest absolute Gasteiger partial charge is 0.463 e. The summed E-state index contributed by atoms with van der Waals surface area (Å²) in [6, 6.07) is 21.5. The molecule has 232 valence electrons. The molecule has 0 amide bonds. The average Bonchev–Trinajstić information content (AvgIpc) is 3.49. The van der Waals surface area contributed by atoms with Crippen molar-refractivity contribution in [2.45, 2.75) is 32.6 Å². The van der Waals surface area contributed by atoms with Gasteiger partial charge >= 0.3 is 12.1 Å². The predicted octanol–water partition coefficient (Wildman–Crippen LogP) is 6.18. The molecule has 0 spiro atoms. The van der Waals surface area contributed by atoms with E-state index in [0.29, 0.717) is 22.7 Å². The fourth-order valence-electron chi connectivity index (χ4n) is 5.71. The molecule has 0 aliphatic carbocycles. The van der Waals surface area contributed by atoms with E-state index in [1.54, 1.807) is 18.2 Å². The van der Waals surface area contributed by atoms with Crippen molar-refractivity contribution in [3.63, 3.8) is 0 Å². The third-order valence-corrected chi connectivity index (χ3v) is 9.04. The molecule has 1 aliphatic heterocycles. The van der Waals surface area contributed by atoms with E-state index in [1.165, 1.54) is 31.2 Å². The second kappa shape index (κ2) is 12.1. The summed E-state index contributed by atoms with van der Waals surface area (Å²) in [6.45, 7) is 3.58. The monoisotopic (exact) mass is 660 g/mol. The third kappa shape index (κ3) is 5.44. The van der Waals surface area contributed by atoms with Gasteiger partial charge in [-0.1, -0.05) is 71.5 Å². The van der Waals surface area contributed by atoms with Crippen LogP contribution < -0.4 is 14.9 Å². The lowest BCUT2D eigenvalue weighted by molar-refractivity contribution is -0.140. The fourth-order valence-corrected chi connectivity index (χ4v) is 6.82. The second-order valence-corrected chi connectivity index (χ2v) is 11.9. The fraction of sp³-hybridized carbons (Fsp3) is 0.176. The number of hydrogen-bond donors (Lipinski definition) is 0. The summed E-state index contributed by atoms with van der Waals surface area (Å²) in [7, 11) is 0. The number of ether oxygens (including phenoxy) is 1. The Kier molecular flexibility index (Phi) is 8.19. The molecule has 1 atom stereocenters. The van der Waals surface area contributed by atoms with Crippen LogP contribution >= 0.6 is 22.9 Å². The topological polar surface area (TPSA) is 89.4 Å². The van der Waals surface area contributed by atoms with Crippen LogP contribution in [0.3, 0.4) is 0 Å². The van der Waals surface area contributed by atoms with E-state index < -0.39 is 35.0 Å². The van der Waals surface area contributed by atoms with Crippen molar-refractivity contribution in [1.82, 2.24) is 9.13 Å². The molecular weight excluding hydrogens is 637 g/mol. The zero-order valence-electron chi connectivity index (χ0n) is 24.4. The van der Waals surface area contributed by atoms with E-state index >= 15 is 0 Å². The number of rotatable bonds is 6. The number of carbonyl (C=O) groups excluding carboxylic acids is 1. The number of halogens is 4. The molecule has 12 heteroatoms. The molecular formula is C34H24ClF3N4O3S. The number of carbonyl (C=O) groups is 1. The van der Waals surface area contributed by atoms with Crippen LogP contribution in [0, 0.1) is 18.3 Å². The number of allylic oxidation sites excluding steroid dienone is 1. The predicted molar refractivity (Wildman–Crippen MR) is 169 cm³/mol. The Morgan fingerprint density at radius 3 is 2.50 bits per heavy atom. The van der Waals surface area contributed by atoms with E-state index in [9.17, 15) is 28.0 Å². The smallest absolute Gasteiger partial charge is 0.434 e. The van der Waals surface area contributed by atoms with Gasteiger partial charge in [0.2, 0.25) is 0 Å². The van der Waals surface area contributed by atoms with Crippen molar-refractivity contribution < 1.29 is 22.7 Å². The number of alkyl halides is 3. The van der Waals surface area contributed by atoms with E-state index in [0.717, 1.165) is 38.1 Å². The molecule has 0 unspecified atom stereocenters. The Hall–Kier alpha value is -4.92. The summed E-state index contributed by atoms with van der Waals surface area (Å²) in [5.41, 5.74) is 1.12. The normalized spacial score (nSPS) is 15.1. The molecule has 1 aliphatic rings. The van der Waals surface area contributed by atoms with Crippen LogP contribution in [0.1, 0.15) is 40.9 Å². The quantitative estimate of drug-likeness (QED) is 0.204. The summed E-state index contributed by atoms with van der Waals surface area (Å²) < 4.78 is 51.7. The Labute approximate surface area is 269 Å². The number of fused-ring (bicyclic) bond motifs is 2. The Morgan fingerprint density at radius 1 is 1.11 bits per heavy atom. The standard InChI is InChI=1S/C34H24ClF3N4O3S/c1-3-45-32(44)28-29(20-12-14-23(35)15-13-20)42-31(43)27(46-33(42)40-30(28)34(36,37)38)16-25-19(2)41(26-11-7-6-10-24(25)26)18-22-9-5-4-8-21(22)17-39/h4-16,29H,3,18H2,1-2H3/b27-16-/t29-/m0/s1. The van der Waals surface area contributed by atoms with Crippen molar-refractivity contribution in [1.29, 1.82) is 5.26 Å². The van der Waals surface area contributed by atoms with Crippen LogP contribution in [-0.4, -0.2) is 27.9 Å². The van der Waals surface area contributed by atoms with Gasteiger partial charge in [0, 0.05) is 33.7 Å². The zero-order chi connectivity index (χ0) is 32.7. The van der Waals surface area contributed by atoms with Crippen molar-refractivity contribution in [2.24, 2.45) is 4.99 Å². The molecule has 2 aromatic heterocycles. The van der Waals surface area contributed by atoms with Gasteiger partial charge in [-0.15, -0.1) is 0 Å². The number of thiazole rings is 1. The van der Waals surface area contributed by atoms with Gasteiger partial charge in [-0.05, 0) is 55.3 Å². The van der Waals surface area contributed by atoms with E-state index in [1.807, 2.05) is 47.9 Å². The number of nitrogens with zero attached hydrogens (tertiary/aromatic N) is 4. The van der Waals surface area contributed by atoms with Crippen LogP contribution in [0.2, 0.25) is 5.02 Å². The molecule has 46 heavy (non-hydrogen) atoms. The molecule has 3 aromatic carbocycles. The number of esters is 1. The molecule has 0 bridgehead atoms. The van der Waals surface area contributed by atoms with Gasteiger partial charge in [0.1, 0.15) is 0 Å². The molecule has 6 rings (SSSR count). The first kappa shape index (κ1) is 31.1. The highest BCUT2D eigenvalue weighted by molar-refractivity contribution is 7.07. The summed E-state index contributed by atoms with van der Waals surface area (Å²) in [5.74, 6) is -1.22.